The van der Waals surface area contributed by atoms with Gasteiger partial charge in [0, 0.05) is 17.2 Å². The lowest BCUT2D eigenvalue weighted by molar-refractivity contribution is -0.150. The van der Waals surface area contributed by atoms with Gasteiger partial charge in [0.25, 0.3) is 5.91 Å². The number of sulfonamides is 1. The minimum atomic E-state index is -3.74. The molecule has 2 aromatic rings. The van der Waals surface area contributed by atoms with Gasteiger partial charge < -0.3 is 21.5 Å². The van der Waals surface area contributed by atoms with Gasteiger partial charge in [-0.2, -0.15) is 0 Å². The highest BCUT2D eigenvalue weighted by molar-refractivity contribution is 8.01. The van der Waals surface area contributed by atoms with E-state index >= 15 is 0 Å². The zero-order valence-electron chi connectivity index (χ0n) is 20.0. The van der Waals surface area contributed by atoms with Gasteiger partial charge in [0.1, 0.15) is 23.2 Å². The number of benzene rings is 1. The number of carboxylic acid groups (broad SMARTS) is 1. The van der Waals surface area contributed by atoms with Gasteiger partial charge in [-0.15, -0.1) is 16.9 Å². The second kappa shape index (κ2) is 11.7. The summed E-state index contributed by atoms with van der Waals surface area (Å²) in [4.78, 5) is 49.5. The van der Waals surface area contributed by atoms with Crippen molar-refractivity contribution in [2.45, 2.75) is 29.2 Å². The van der Waals surface area contributed by atoms with Gasteiger partial charge in [-0.3, -0.25) is 19.3 Å². The Kier molecular flexibility index (Phi) is 8.54. The highest BCUT2D eigenvalue weighted by Gasteiger charge is 2.54. The minimum Gasteiger partial charge on any atom is -0.477 e. The van der Waals surface area contributed by atoms with Crippen LogP contribution in [-0.2, 0) is 35.7 Å². The number of rotatable bonds is 12. The molecule has 19 heteroatoms. The van der Waals surface area contributed by atoms with Crippen molar-refractivity contribution in [1.82, 2.24) is 30.4 Å². The van der Waals surface area contributed by atoms with Crippen molar-refractivity contribution < 1.29 is 32.7 Å². The van der Waals surface area contributed by atoms with Crippen LogP contribution in [0.2, 0.25) is 0 Å². The molecule has 3 amide bonds. The van der Waals surface area contributed by atoms with Crippen molar-refractivity contribution in [3.8, 4) is 0 Å². The normalized spacial score (nSPS) is 19.6. The van der Waals surface area contributed by atoms with Gasteiger partial charge in [0.2, 0.25) is 27.5 Å². The van der Waals surface area contributed by atoms with Crippen molar-refractivity contribution in [3.63, 3.8) is 0 Å². The molecule has 0 radical (unpaired) electrons. The molecule has 1 saturated heterocycles. The number of hydrogen-bond donors (Lipinski definition) is 5. The van der Waals surface area contributed by atoms with E-state index in [0.717, 1.165) is 16.7 Å². The summed E-state index contributed by atoms with van der Waals surface area (Å²) in [6.07, 6.45) is 0.516. The topological polar surface area (TPSA) is 246 Å². The standard InChI is InChI=1S/C20H23N9O7S3/c21-13(10-1-3-12(4-2-10)23-9-30)16(31)24-14-17(32)29-15(19(33)34)11(7-37-18(14)29)8-38-20-25-26-27-28(20)5-6-39(22,35)36/h1-4,9,13-14,18H,5-8,21H2,(H,23,30)(H,24,31)(H,33,34)(H2,22,35,36)/t13?,14?,18-/m1/s1. The molecule has 7 N–H and O–H groups in total. The molecule has 4 rings (SSSR count). The Morgan fingerprint density at radius 1 is 1.31 bits per heavy atom. The zero-order valence-corrected chi connectivity index (χ0v) is 22.4. The predicted molar refractivity (Wildman–Crippen MR) is 139 cm³/mol. The van der Waals surface area contributed by atoms with Crippen LogP contribution in [-0.4, -0.2) is 91.5 Å². The highest BCUT2D eigenvalue weighted by Crippen LogP contribution is 2.41. The summed E-state index contributed by atoms with van der Waals surface area (Å²) in [7, 11) is -3.74. The molecule has 2 unspecified atom stereocenters. The van der Waals surface area contributed by atoms with Crippen LogP contribution in [0.5, 0.6) is 0 Å². The molecule has 39 heavy (non-hydrogen) atoms. The summed E-state index contributed by atoms with van der Waals surface area (Å²) in [6.45, 7) is -0.0796. The number of amides is 3. The number of aryl methyl sites for hydroxylation is 1. The number of aromatic nitrogens is 4. The Morgan fingerprint density at radius 3 is 2.67 bits per heavy atom. The maximum atomic E-state index is 12.9. The third kappa shape index (κ3) is 6.38. The third-order valence-electron chi connectivity index (χ3n) is 5.79. The predicted octanol–water partition coefficient (Wildman–Crippen LogP) is -1.94. The number of nitrogens with two attached hydrogens (primary N) is 2. The first-order valence-electron chi connectivity index (χ1n) is 11.2. The second-order valence-corrected chi connectivity index (χ2v) is 12.1. The smallest absolute Gasteiger partial charge is 0.352 e. The number of tetrazole rings is 1. The fourth-order valence-electron chi connectivity index (χ4n) is 3.85. The zero-order chi connectivity index (χ0) is 28.3. The fraction of sp³-hybridized carbons (Fsp3) is 0.350. The second-order valence-electron chi connectivity index (χ2n) is 8.36. The van der Waals surface area contributed by atoms with Crippen molar-refractivity contribution in [3.05, 3.63) is 41.1 Å². The first-order valence-corrected chi connectivity index (χ1v) is 14.9. The maximum absolute atomic E-state index is 12.9. The lowest BCUT2D eigenvalue weighted by Crippen LogP contribution is -2.71. The molecule has 16 nitrogen and oxygen atoms in total. The summed E-state index contributed by atoms with van der Waals surface area (Å²) in [6, 6.07) is 4.24. The molecular formula is C20H23N9O7S3. The monoisotopic (exact) mass is 597 g/mol. The SMILES string of the molecule is NC(C(=O)NC1C(=O)N2C(C(=O)O)=C(CSc3nnnn3CCS(N)(=O)=O)CS[C@H]12)c1ccc(NC=O)cc1. The van der Waals surface area contributed by atoms with Crippen LogP contribution in [0.25, 0.3) is 0 Å². The average molecular weight is 598 g/mol. The first kappa shape index (κ1) is 28.5. The molecule has 0 spiro atoms. The molecule has 1 aromatic heterocycles. The van der Waals surface area contributed by atoms with E-state index in [4.69, 9.17) is 10.9 Å². The number of nitrogens with zero attached hydrogens (tertiary/aromatic N) is 5. The van der Waals surface area contributed by atoms with Crippen molar-refractivity contribution >= 4 is 63.4 Å². The summed E-state index contributed by atoms with van der Waals surface area (Å²) in [5.41, 5.74) is 7.28. The molecule has 3 atom stereocenters. The number of fused-ring (bicyclic) bond motifs is 1. The molecule has 208 valence electrons. The summed E-state index contributed by atoms with van der Waals surface area (Å²) >= 11 is 2.37. The Hall–Kier alpha value is -3.52. The lowest BCUT2D eigenvalue weighted by Gasteiger charge is -2.49. The summed E-state index contributed by atoms with van der Waals surface area (Å²) in [5, 5.41) is 30.7. The maximum Gasteiger partial charge on any atom is 0.352 e. The Balaban J connectivity index is 1.41. The summed E-state index contributed by atoms with van der Waals surface area (Å²) in [5.74, 6) is -2.50. The Labute approximate surface area is 230 Å². The van der Waals surface area contributed by atoms with Gasteiger partial charge in [0.15, 0.2) is 0 Å². The van der Waals surface area contributed by atoms with Crippen LogP contribution in [0.3, 0.4) is 0 Å². The molecule has 0 bridgehead atoms. The lowest BCUT2D eigenvalue weighted by atomic mass is 10.0. The Morgan fingerprint density at radius 2 is 2.03 bits per heavy atom. The number of carbonyl (C=O) groups is 4. The van der Waals surface area contributed by atoms with E-state index in [-0.39, 0.29) is 34.7 Å². The Bertz CT molecular complexity index is 1430. The van der Waals surface area contributed by atoms with Crippen molar-refractivity contribution in [2.75, 3.05) is 22.6 Å². The quantitative estimate of drug-likeness (QED) is 0.102. The van der Waals surface area contributed by atoms with Gasteiger partial charge in [-0.05, 0) is 33.7 Å². The number of anilines is 1. The van der Waals surface area contributed by atoms with Gasteiger partial charge >= 0.3 is 5.97 Å². The molecule has 1 fully saturated rings. The van der Waals surface area contributed by atoms with Gasteiger partial charge in [-0.1, -0.05) is 23.9 Å². The minimum absolute atomic E-state index is 0.0796. The van der Waals surface area contributed by atoms with Crippen LogP contribution < -0.4 is 21.5 Å². The van der Waals surface area contributed by atoms with E-state index < -0.39 is 45.3 Å². The number of hydrogen-bond acceptors (Lipinski definition) is 12. The van der Waals surface area contributed by atoms with Crippen LogP contribution >= 0.6 is 23.5 Å². The number of aliphatic carboxylic acids is 1. The number of β-lactam (4-membered cyclic amide) rings is 1. The van der Waals surface area contributed by atoms with E-state index in [1.54, 1.807) is 24.3 Å². The molecule has 0 saturated carbocycles. The first-order chi connectivity index (χ1) is 18.5. The number of primary sulfonamides is 1. The van der Waals surface area contributed by atoms with Crippen LogP contribution in [0.15, 0.2) is 40.7 Å². The van der Waals surface area contributed by atoms with Gasteiger partial charge in [-0.25, -0.2) is 23.0 Å². The number of nitrogens with one attached hydrogen (secondary N) is 2. The van der Waals surface area contributed by atoms with E-state index in [2.05, 4.69) is 26.2 Å². The number of carbonyl (C=O) groups excluding carboxylic acids is 3. The third-order valence-corrected chi connectivity index (χ3v) is 8.92. The van der Waals surface area contributed by atoms with E-state index in [0.29, 0.717) is 23.2 Å². The van der Waals surface area contributed by atoms with Crippen LogP contribution in [0.4, 0.5) is 5.69 Å². The fourth-order valence-corrected chi connectivity index (χ4v) is 6.66. The molecule has 2 aliphatic rings. The van der Waals surface area contributed by atoms with Crippen LogP contribution in [0.1, 0.15) is 11.6 Å². The van der Waals surface area contributed by atoms with Gasteiger partial charge in [0.05, 0.1) is 12.3 Å². The highest BCUT2D eigenvalue weighted by atomic mass is 32.2. The largest absolute Gasteiger partial charge is 0.477 e. The van der Waals surface area contributed by atoms with E-state index in [9.17, 15) is 32.7 Å². The van der Waals surface area contributed by atoms with Crippen LogP contribution in [0, 0.1) is 0 Å². The number of thioether (sulfide) groups is 2. The summed E-state index contributed by atoms with van der Waals surface area (Å²) < 4.78 is 23.7. The molecule has 3 heterocycles. The molecular weight excluding hydrogens is 574 g/mol. The number of carboxylic acids is 1. The van der Waals surface area contributed by atoms with E-state index in [1.165, 1.54) is 16.4 Å². The molecule has 2 aliphatic heterocycles. The van der Waals surface area contributed by atoms with Crippen molar-refractivity contribution in [1.29, 1.82) is 0 Å². The van der Waals surface area contributed by atoms with Crippen molar-refractivity contribution in [2.24, 2.45) is 10.9 Å². The molecule has 1 aromatic carbocycles. The van der Waals surface area contributed by atoms with E-state index in [1.807, 2.05) is 0 Å². The average Bonchev–Trinajstić information content (AvgIpc) is 3.35. The molecule has 0 aliphatic carbocycles.